The molecule has 1 aliphatic rings. The van der Waals surface area contributed by atoms with E-state index in [2.05, 4.69) is 20.3 Å². The lowest BCUT2D eigenvalue weighted by atomic mass is 10.3. The molecule has 0 spiro atoms. The van der Waals surface area contributed by atoms with E-state index in [1.54, 1.807) is 0 Å². The number of hydrogen-bond acceptors (Lipinski definition) is 7. The number of halogens is 1. The van der Waals surface area contributed by atoms with Crippen molar-refractivity contribution < 1.29 is 13.2 Å². The summed E-state index contributed by atoms with van der Waals surface area (Å²) in [5.74, 6) is 0.145. The van der Waals surface area contributed by atoms with Crippen LogP contribution < -0.4 is 10.1 Å². The molecule has 2 rings (SSSR count). The first-order valence-corrected chi connectivity index (χ1v) is 6.71. The monoisotopic (exact) mass is 276 g/mol. The summed E-state index contributed by atoms with van der Waals surface area (Å²) in [6.45, 7) is 0. The first-order valence-electron chi connectivity index (χ1n) is 4.61. The molecule has 92 valence electrons. The summed E-state index contributed by atoms with van der Waals surface area (Å²) in [6.07, 6.45) is 1.53. The van der Waals surface area contributed by atoms with Crippen LogP contribution in [0.15, 0.2) is 11.5 Å². The standard InChI is InChI=1S/C8H9ClN4O3S/c1-16-8-12-6(9)11-7(13-8)10-5-2-3-17(14,15)4-5/h2-3,5H,4H2,1H3,(H,10,11,12,13). The van der Waals surface area contributed by atoms with Gasteiger partial charge in [0, 0.05) is 5.41 Å². The number of sulfone groups is 1. The molecule has 0 saturated carbocycles. The van der Waals surface area contributed by atoms with Crippen LogP contribution in [-0.4, -0.2) is 42.3 Å². The molecular weight excluding hydrogens is 268 g/mol. The van der Waals surface area contributed by atoms with Gasteiger partial charge in [0.15, 0.2) is 9.84 Å². The van der Waals surface area contributed by atoms with Crippen molar-refractivity contribution in [2.45, 2.75) is 6.04 Å². The summed E-state index contributed by atoms with van der Waals surface area (Å²) in [4.78, 5) is 11.4. The van der Waals surface area contributed by atoms with E-state index in [9.17, 15) is 8.42 Å². The first kappa shape index (κ1) is 12.1. The van der Waals surface area contributed by atoms with Crippen LogP contribution in [0.25, 0.3) is 0 Å². The smallest absolute Gasteiger partial charge is 0.322 e. The molecule has 1 aromatic rings. The zero-order valence-corrected chi connectivity index (χ0v) is 10.4. The van der Waals surface area contributed by atoms with Gasteiger partial charge in [-0.2, -0.15) is 15.0 Å². The van der Waals surface area contributed by atoms with E-state index in [-0.39, 0.29) is 29.0 Å². The van der Waals surface area contributed by atoms with Crippen LogP contribution in [0, 0.1) is 0 Å². The van der Waals surface area contributed by atoms with Gasteiger partial charge in [0.25, 0.3) is 0 Å². The van der Waals surface area contributed by atoms with Gasteiger partial charge in [0.1, 0.15) is 0 Å². The van der Waals surface area contributed by atoms with Crippen LogP contribution in [0.3, 0.4) is 0 Å². The lowest BCUT2D eigenvalue weighted by Gasteiger charge is -2.09. The molecule has 0 aromatic carbocycles. The van der Waals surface area contributed by atoms with E-state index >= 15 is 0 Å². The predicted molar refractivity (Wildman–Crippen MR) is 61.7 cm³/mol. The maximum absolute atomic E-state index is 11.2. The van der Waals surface area contributed by atoms with Crippen molar-refractivity contribution in [3.8, 4) is 6.01 Å². The number of rotatable bonds is 3. The molecule has 1 aliphatic heterocycles. The minimum atomic E-state index is -3.12. The van der Waals surface area contributed by atoms with Crippen molar-refractivity contribution in [2.24, 2.45) is 0 Å². The van der Waals surface area contributed by atoms with Crippen molar-refractivity contribution in [1.82, 2.24) is 15.0 Å². The van der Waals surface area contributed by atoms with Crippen molar-refractivity contribution in [3.05, 3.63) is 16.8 Å². The number of hydrogen-bond donors (Lipinski definition) is 1. The Morgan fingerprint density at radius 1 is 1.47 bits per heavy atom. The Kier molecular flexibility index (Phi) is 3.16. The number of aromatic nitrogens is 3. The van der Waals surface area contributed by atoms with Crippen LogP contribution in [-0.2, 0) is 9.84 Å². The third kappa shape index (κ3) is 3.04. The molecule has 2 heterocycles. The first-order chi connectivity index (χ1) is 7.98. The van der Waals surface area contributed by atoms with Crippen LogP contribution in [0.5, 0.6) is 6.01 Å². The lowest BCUT2D eigenvalue weighted by Crippen LogP contribution is -2.22. The molecule has 0 bridgehead atoms. The molecule has 1 N–H and O–H groups in total. The summed E-state index contributed by atoms with van der Waals surface area (Å²) in [5, 5.41) is 3.95. The predicted octanol–water partition coefficient (Wildman–Crippen LogP) is 0.256. The highest BCUT2D eigenvalue weighted by Crippen LogP contribution is 2.15. The van der Waals surface area contributed by atoms with Crippen LogP contribution in [0.2, 0.25) is 5.28 Å². The Balaban J connectivity index is 2.15. The summed E-state index contributed by atoms with van der Waals surface area (Å²) in [6, 6.07) is -0.305. The average Bonchev–Trinajstić information content (AvgIpc) is 2.57. The molecule has 0 aliphatic carbocycles. The van der Waals surface area contributed by atoms with Gasteiger partial charge >= 0.3 is 6.01 Å². The number of nitrogens with one attached hydrogen (secondary N) is 1. The Bertz CT molecular complexity index is 560. The number of nitrogens with zero attached hydrogens (tertiary/aromatic N) is 3. The van der Waals surface area contributed by atoms with Crippen LogP contribution >= 0.6 is 11.6 Å². The summed E-state index contributed by atoms with van der Waals surface area (Å²) in [7, 11) is -1.72. The number of anilines is 1. The second kappa shape index (κ2) is 4.46. The Labute approximate surface area is 103 Å². The number of methoxy groups -OCH3 is 1. The normalized spacial score (nSPS) is 21.4. The average molecular weight is 277 g/mol. The fourth-order valence-electron chi connectivity index (χ4n) is 1.32. The van der Waals surface area contributed by atoms with E-state index in [1.807, 2.05) is 0 Å². The van der Waals surface area contributed by atoms with Gasteiger partial charge in [-0.25, -0.2) is 8.42 Å². The van der Waals surface area contributed by atoms with E-state index in [4.69, 9.17) is 16.3 Å². The summed E-state index contributed by atoms with van der Waals surface area (Å²) < 4.78 is 27.2. The van der Waals surface area contributed by atoms with Crippen molar-refractivity contribution in [2.75, 3.05) is 18.2 Å². The SMILES string of the molecule is COc1nc(Cl)nc(NC2C=CS(=O)(=O)C2)n1. The molecule has 0 saturated heterocycles. The third-order valence-corrected chi connectivity index (χ3v) is 3.58. The van der Waals surface area contributed by atoms with Gasteiger partial charge in [0.05, 0.1) is 18.9 Å². The van der Waals surface area contributed by atoms with Crippen LogP contribution in [0.1, 0.15) is 0 Å². The minimum Gasteiger partial charge on any atom is -0.467 e. The van der Waals surface area contributed by atoms with Crippen molar-refractivity contribution in [1.29, 1.82) is 0 Å². The minimum absolute atomic E-state index is 0.0239. The largest absolute Gasteiger partial charge is 0.467 e. The molecule has 0 fully saturated rings. The van der Waals surface area contributed by atoms with Gasteiger partial charge in [0.2, 0.25) is 11.2 Å². The molecule has 17 heavy (non-hydrogen) atoms. The topological polar surface area (TPSA) is 94.1 Å². The highest BCUT2D eigenvalue weighted by molar-refractivity contribution is 7.94. The Hall–Kier alpha value is -1.41. The van der Waals surface area contributed by atoms with Gasteiger partial charge in [-0.1, -0.05) is 0 Å². The zero-order valence-electron chi connectivity index (χ0n) is 8.79. The van der Waals surface area contributed by atoms with Gasteiger partial charge in [-0.15, -0.1) is 0 Å². The quantitative estimate of drug-likeness (QED) is 0.846. The summed E-state index contributed by atoms with van der Waals surface area (Å²) in [5.41, 5.74) is 0. The molecule has 0 radical (unpaired) electrons. The van der Waals surface area contributed by atoms with Gasteiger partial charge in [-0.3, -0.25) is 0 Å². The van der Waals surface area contributed by atoms with E-state index in [1.165, 1.54) is 13.2 Å². The Morgan fingerprint density at radius 2 is 2.24 bits per heavy atom. The van der Waals surface area contributed by atoms with E-state index in [0.717, 1.165) is 5.41 Å². The molecular formula is C8H9ClN4O3S. The highest BCUT2D eigenvalue weighted by atomic mass is 35.5. The van der Waals surface area contributed by atoms with Gasteiger partial charge < -0.3 is 10.1 Å². The molecule has 1 aromatic heterocycles. The molecule has 1 unspecified atom stereocenters. The maximum Gasteiger partial charge on any atom is 0.322 e. The number of ether oxygens (including phenoxy) is 1. The molecule has 1 atom stereocenters. The van der Waals surface area contributed by atoms with E-state index < -0.39 is 9.84 Å². The van der Waals surface area contributed by atoms with Crippen molar-refractivity contribution >= 4 is 27.4 Å². The Morgan fingerprint density at radius 3 is 2.82 bits per heavy atom. The fourth-order valence-corrected chi connectivity index (χ4v) is 2.71. The van der Waals surface area contributed by atoms with Crippen LogP contribution in [0.4, 0.5) is 5.95 Å². The maximum atomic E-state index is 11.2. The van der Waals surface area contributed by atoms with Crippen molar-refractivity contribution in [3.63, 3.8) is 0 Å². The zero-order chi connectivity index (χ0) is 12.5. The second-order valence-electron chi connectivity index (χ2n) is 3.32. The fraction of sp³-hybridized carbons (Fsp3) is 0.375. The molecule has 9 heteroatoms. The highest BCUT2D eigenvalue weighted by Gasteiger charge is 2.22. The molecule has 0 amide bonds. The van der Waals surface area contributed by atoms with E-state index in [0.29, 0.717) is 0 Å². The van der Waals surface area contributed by atoms with Gasteiger partial charge in [-0.05, 0) is 17.7 Å². The third-order valence-electron chi connectivity index (χ3n) is 2.01. The summed E-state index contributed by atoms with van der Waals surface area (Å²) >= 11 is 5.65. The second-order valence-corrected chi connectivity index (χ2v) is 5.59. The molecule has 7 nitrogen and oxygen atoms in total. The lowest BCUT2D eigenvalue weighted by molar-refractivity contribution is 0.379.